The summed E-state index contributed by atoms with van der Waals surface area (Å²) >= 11 is 14.3. The largest absolute Gasteiger partial charge is 0.467 e. The molecule has 0 spiro atoms. The number of fused-ring (bicyclic) bond motifs is 1. The first-order valence-corrected chi connectivity index (χ1v) is 15.2. The number of amides is 2. The van der Waals surface area contributed by atoms with Crippen LogP contribution in [0.1, 0.15) is 29.7 Å². The summed E-state index contributed by atoms with van der Waals surface area (Å²) in [5, 5.41) is 6.13. The Hall–Kier alpha value is -3.73. The van der Waals surface area contributed by atoms with Gasteiger partial charge in [0.1, 0.15) is 6.04 Å². The molecular formula is C31H29Cl2FN4O4S. The number of aromatic nitrogens is 2. The number of nitrogens with zero attached hydrogens (tertiary/aromatic N) is 3. The van der Waals surface area contributed by atoms with Gasteiger partial charge < -0.3 is 19.5 Å². The molecule has 1 fully saturated rings. The zero-order valence-corrected chi connectivity index (χ0v) is 25.6. The van der Waals surface area contributed by atoms with E-state index in [-0.39, 0.29) is 38.3 Å². The third-order valence-corrected chi connectivity index (χ3v) is 9.37. The normalized spacial score (nSPS) is 15.5. The number of likely N-dealkylation sites (tertiary alicyclic amines) is 1. The maximum atomic E-state index is 15.8. The molecule has 224 valence electrons. The number of esters is 1. The summed E-state index contributed by atoms with van der Waals surface area (Å²) in [6, 6.07) is 12.4. The van der Waals surface area contributed by atoms with E-state index >= 15 is 4.39 Å². The van der Waals surface area contributed by atoms with E-state index in [4.69, 9.17) is 27.9 Å². The molecule has 0 radical (unpaired) electrons. The number of nitrogens with one attached hydrogen (secondary N) is 1. The molecule has 12 heteroatoms. The summed E-state index contributed by atoms with van der Waals surface area (Å²) in [4.78, 5) is 44.2. The Balaban J connectivity index is 1.18. The van der Waals surface area contributed by atoms with Gasteiger partial charge in [-0.1, -0.05) is 53.5 Å². The van der Waals surface area contributed by atoms with E-state index in [0.29, 0.717) is 27.8 Å². The molecule has 3 heterocycles. The number of hydrogen-bond donors (Lipinski definition) is 1. The Morgan fingerprint density at radius 1 is 1.16 bits per heavy atom. The number of ether oxygens (including phenoxy) is 1. The number of thiophene rings is 1. The second kappa shape index (κ2) is 13.3. The Morgan fingerprint density at radius 3 is 2.63 bits per heavy atom. The van der Waals surface area contributed by atoms with Gasteiger partial charge >= 0.3 is 5.97 Å². The van der Waals surface area contributed by atoms with E-state index in [2.05, 4.69) is 10.3 Å². The predicted octanol–water partition coefficient (Wildman–Crippen LogP) is 5.70. The van der Waals surface area contributed by atoms with Gasteiger partial charge in [0.05, 0.1) is 33.9 Å². The van der Waals surface area contributed by atoms with E-state index in [9.17, 15) is 14.4 Å². The number of benzene rings is 2. The van der Waals surface area contributed by atoms with Crippen LogP contribution in [0, 0.1) is 0 Å². The molecule has 2 aromatic heterocycles. The topological polar surface area (TPSA) is 93.5 Å². The average Bonchev–Trinajstić information content (AvgIpc) is 3.67. The highest BCUT2D eigenvalue weighted by atomic mass is 35.5. The zero-order chi connectivity index (χ0) is 30.6. The smallest absolute Gasteiger partial charge is 0.328 e. The van der Waals surface area contributed by atoms with Gasteiger partial charge in [0.15, 0.2) is 5.67 Å². The average molecular weight is 644 g/mol. The first-order valence-electron chi connectivity index (χ1n) is 13.6. The zero-order valence-electron chi connectivity index (χ0n) is 23.3. The number of alkyl halides is 1. The molecule has 2 amide bonds. The maximum Gasteiger partial charge on any atom is 0.328 e. The lowest BCUT2D eigenvalue weighted by Gasteiger charge is -2.35. The van der Waals surface area contributed by atoms with Gasteiger partial charge in [-0.25, -0.2) is 14.2 Å². The molecular weight excluding hydrogens is 614 g/mol. The minimum atomic E-state index is -2.25. The van der Waals surface area contributed by atoms with Crippen LogP contribution < -0.4 is 5.32 Å². The molecule has 4 aromatic rings. The van der Waals surface area contributed by atoms with E-state index in [0.717, 1.165) is 15.6 Å². The molecule has 0 saturated carbocycles. The second-order valence-electron chi connectivity index (χ2n) is 10.3. The van der Waals surface area contributed by atoms with Gasteiger partial charge in [-0.15, -0.1) is 11.3 Å². The quantitative estimate of drug-likeness (QED) is 0.187. The molecule has 1 atom stereocenters. The van der Waals surface area contributed by atoms with E-state index < -0.39 is 23.6 Å². The summed E-state index contributed by atoms with van der Waals surface area (Å²) < 4.78 is 23.4. The van der Waals surface area contributed by atoms with Gasteiger partial charge in [0, 0.05) is 51.2 Å². The molecule has 1 N–H and O–H groups in total. The lowest BCUT2D eigenvalue weighted by molar-refractivity contribution is -0.148. The molecule has 1 aliphatic heterocycles. The van der Waals surface area contributed by atoms with E-state index in [1.54, 1.807) is 18.6 Å². The van der Waals surface area contributed by atoms with Crippen LogP contribution in [0.4, 0.5) is 4.39 Å². The fraction of sp³-hybridized carbons (Fsp3) is 0.290. The van der Waals surface area contributed by atoms with E-state index in [1.165, 1.54) is 29.4 Å². The first-order chi connectivity index (χ1) is 20.7. The lowest BCUT2D eigenvalue weighted by atomic mass is 9.91. The SMILES string of the molecule is COC(=O)[C@H](Cc1cn(Cc2ccccc2)cn1)NC(=O)C1(F)CCN(C(=O)/C=C/c2cc3ccsc3c(Cl)c2Cl)CC1. The number of rotatable bonds is 9. The Bertz CT molecular complexity index is 1660. The minimum absolute atomic E-state index is 0.0257. The fourth-order valence-corrected chi connectivity index (χ4v) is 6.43. The van der Waals surface area contributed by atoms with Crippen molar-refractivity contribution in [2.75, 3.05) is 20.2 Å². The number of methoxy groups -OCH3 is 1. The fourth-order valence-electron chi connectivity index (χ4n) is 4.99. The predicted molar refractivity (Wildman–Crippen MR) is 166 cm³/mol. The molecule has 0 aliphatic carbocycles. The number of halogens is 3. The van der Waals surface area contributed by atoms with Crippen molar-refractivity contribution < 1.29 is 23.5 Å². The molecule has 43 heavy (non-hydrogen) atoms. The second-order valence-corrected chi connectivity index (χ2v) is 12.0. The lowest BCUT2D eigenvalue weighted by Crippen LogP contribution is -2.55. The summed E-state index contributed by atoms with van der Waals surface area (Å²) in [7, 11) is 1.21. The van der Waals surface area contributed by atoms with Crippen molar-refractivity contribution in [3.8, 4) is 0 Å². The van der Waals surface area contributed by atoms with Gasteiger partial charge in [0.25, 0.3) is 5.91 Å². The highest BCUT2D eigenvalue weighted by molar-refractivity contribution is 7.18. The van der Waals surface area contributed by atoms with Crippen molar-refractivity contribution in [3.63, 3.8) is 0 Å². The molecule has 1 saturated heterocycles. The Kier molecular flexibility index (Phi) is 9.49. The molecule has 0 unspecified atom stereocenters. The summed E-state index contributed by atoms with van der Waals surface area (Å²) in [6.07, 6.45) is 5.97. The van der Waals surface area contributed by atoms with E-state index in [1.807, 2.05) is 52.4 Å². The molecule has 1 aliphatic rings. The van der Waals surface area contributed by atoms with Crippen molar-refractivity contribution >= 4 is 68.5 Å². The van der Waals surface area contributed by atoms with Crippen molar-refractivity contribution in [3.05, 3.63) is 93.3 Å². The monoisotopic (exact) mass is 642 g/mol. The summed E-state index contributed by atoms with van der Waals surface area (Å²) in [6.45, 7) is 0.640. The van der Waals surface area contributed by atoms with Gasteiger partial charge in [-0.3, -0.25) is 9.59 Å². The van der Waals surface area contributed by atoms with Crippen LogP contribution in [-0.2, 0) is 32.1 Å². The molecule has 0 bridgehead atoms. The van der Waals surface area contributed by atoms with Crippen LogP contribution in [-0.4, -0.2) is 64.1 Å². The third-order valence-electron chi connectivity index (χ3n) is 7.43. The first kappa shape index (κ1) is 30.7. The summed E-state index contributed by atoms with van der Waals surface area (Å²) in [5.74, 6) is -1.95. The van der Waals surface area contributed by atoms with Gasteiger partial charge in [-0.2, -0.15) is 0 Å². The van der Waals surface area contributed by atoms with Crippen LogP contribution in [0.3, 0.4) is 0 Å². The summed E-state index contributed by atoms with van der Waals surface area (Å²) in [5.41, 5.74) is -0.0237. The number of carbonyl (C=O) groups is 3. The Morgan fingerprint density at radius 2 is 1.91 bits per heavy atom. The number of hydrogen-bond acceptors (Lipinski definition) is 6. The van der Waals surface area contributed by atoms with Gasteiger partial charge in [0.2, 0.25) is 5.91 Å². The minimum Gasteiger partial charge on any atom is -0.467 e. The van der Waals surface area contributed by atoms with Crippen LogP contribution >= 0.6 is 34.5 Å². The highest BCUT2D eigenvalue weighted by Crippen LogP contribution is 2.37. The molecule has 2 aromatic carbocycles. The van der Waals surface area contributed by atoms with Crippen LogP contribution in [0.25, 0.3) is 16.2 Å². The third kappa shape index (κ3) is 7.09. The van der Waals surface area contributed by atoms with Crippen LogP contribution in [0.5, 0.6) is 0 Å². The van der Waals surface area contributed by atoms with Crippen LogP contribution in [0.2, 0.25) is 10.0 Å². The van der Waals surface area contributed by atoms with Crippen molar-refractivity contribution in [2.45, 2.75) is 37.5 Å². The number of imidazole rings is 1. The van der Waals surface area contributed by atoms with Gasteiger partial charge in [-0.05, 0) is 40.1 Å². The van der Waals surface area contributed by atoms with Crippen LogP contribution in [0.15, 0.2) is 66.4 Å². The van der Waals surface area contributed by atoms with Crippen molar-refractivity contribution in [2.24, 2.45) is 0 Å². The Labute approximate surface area is 262 Å². The number of piperidine rings is 1. The number of carbonyl (C=O) groups excluding carboxylic acids is 3. The van der Waals surface area contributed by atoms with Crippen molar-refractivity contribution in [1.82, 2.24) is 19.8 Å². The molecule has 8 nitrogen and oxygen atoms in total. The van der Waals surface area contributed by atoms with Crippen molar-refractivity contribution in [1.29, 1.82) is 0 Å². The maximum absolute atomic E-state index is 15.8. The molecule has 5 rings (SSSR count). The standard InChI is InChI=1S/C31H29Cl2FN4O4S/c1-42-29(40)24(16-23-18-37(19-35-23)17-20-5-3-2-4-6-20)36-30(41)31(34)10-12-38(13-11-31)25(39)8-7-21-15-22-9-14-43-28(22)27(33)26(21)32/h2-9,14-15,18-19,24H,10-13,16-17H2,1H3,(H,36,41)/b8-7+/t24-/m0/s1. The highest BCUT2D eigenvalue weighted by Gasteiger charge is 2.44.